The van der Waals surface area contributed by atoms with Crippen molar-refractivity contribution in [2.24, 2.45) is 0 Å². The van der Waals surface area contributed by atoms with Gasteiger partial charge in [0.25, 0.3) is 5.91 Å². The van der Waals surface area contributed by atoms with Crippen molar-refractivity contribution < 1.29 is 24.0 Å². The van der Waals surface area contributed by atoms with Gasteiger partial charge in [0.15, 0.2) is 0 Å². The lowest BCUT2D eigenvalue weighted by Gasteiger charge is -2.08. The van der Waals surface area contributed by atoms with Gasteiger partial charge in [-0.2, -0.15) is 0 Å². The molecule has 0 bridgehead atoms. The molecule has 0 saturated heterocycles. The van der Waals surface area contributed by atoms with Gasteiger partial charge in [0.1, 0.15) is 13.5 Å². The highest BCUT2D eigenvalue weighted by atomic mass is 31.1. The van der Waals surface area contributed by atoms with Crippen molar-refractivity contribution in [2.75, 3.05) is 19.6 Å². The zero-order valence-corrected chi connectivity index (χ0v) is 12.0. The molecule has 0 aliphatic carbocycles. The third-order valence-corrected chi connectivity index (χ3v) is 3.41. The summed E-state index contributed by atoms with van der Waals surface area (Å²) in [6.07, 6.45) is 0.868. The van der Waals surface area contributed by atoms with E-state index >= 15 is 0 Å². The molecule has 1 aromatic rings. The maximum Gasteiger partial charge on any atom is 0.354 e. The molecular weight excluding hydrogens is 281 g/mol. The molecule has 0 aromatic heterocycles. The van der Waals surface area contributed by atoms with Crippen molar-refractivity contribution in [3.05, 3.63) is 47.7 Å². The second-order valence-corrected chi connectivity index (χ2v) is 5.63. The van der Waals surface area contributed by atoms with Gasteiger partial charge in [-0.15, -0.1) is 0 Å². The predicted molar refractivity (Wildman–Crippen MR) is 75.0 cm³/mol. The minimum Gasteiger partial charge on any atom is -0.464 e. The lowest BCUT2D eigenvalue weighted by Crippen LogP contribution is -2.28. The summed E-state index contributed by atoms with van der Waals surface area (Å²) in [5.74, 6) is -1.20. The molecule has 2 N–H and O–H groups in total. The van der Waals surface area contributed by atoms with Gasteiger partial charge in [-0.1, -0.05) is 18.2 Å². The third kappa shape index (κ3) is 4.99. The van der Waals surface area contributed by atoms with Crippen molar-refractivity contribution in [2.45, 2.75) is 0 Å². The van der Waals surface area contributed by atoms with E-state index in [-0.39, 0.29) is 11.9 Å². The summed E-state index contributed by atoms with van der Waals surface area (Å²) in [4.78, 5) is 23.4. The lowest BCUT2D eigenvalue weighted by molar-refractivity contribution is -0.136. The summed E-state index contributed by atoms with van der Waals surface area (Å²) in [6, 6.07) is 8.35. The molecule has 0 radical (unpaired) electrons. The maximum absolute atomic E-state index is 11.9. The molecule has 1 atom stereocenters. The second kappa shape index (κ2) is 8.30. The molecule has 0 saturated carbocycles. The maximum atomic E-state index is 11.9. The molecule has 1 unspecified atom stereocenters. The van der Waals surface area contributed by atoms with E-state index in [1.54, 1.807) is 30.3 Å². The topological polar surface area (TPSA) is 92.7 Å². The smallest absolute Gasteiger partial charge is 0.354 e. The van der Waals surface area contributed by atoms with Crippen LogP contribution in [0.25, 0.3) is 0 Å². The number of hydrogen-bond acceptors (Lipinski definition) is 5. The zero-order chi connectivity index (χ0) is 15.0. The molecule has 0 aliphatic rings. The Morgan fingerprint density at radius 3 is 2.55 bits per heavy atom. The highest BCUT2D eigenvalue weighted by molar-refractivity contribution is 7.44. The van der Waals surface area contributed by atoms with Crippen LogP contribution in [0.15, 0.2) is 42.1 Å². The highest BCUT2D eigenvalue weighted by Gasteiger charge is 2.14. The number of allylic oxidation sites excluding steroid dienone is 1. The van der Waals surface area contributed by atoms with Crippen LogP contribution in [0.2, 0.25) is 0 Å². The third-order valence-electron chi connectivity index (χ3n) is 2.40. The van der Waals surface area contributed by atoms with E-state index in [4.69, 9.17) is 5.11 Å². The first kappa shape index (κ1) is 16.1. The Labute approximate surface area is 117 Å². The van der Waals surface area contributed by atoms with Crippen molar-refractivity contribution in [1.82, 2.24) is 5.32 Å². The van der Waals surface area contributed by atoms with Gasteiger partial charge in [0.05, 0.1) is 13.5 Å². The molecule has 6 nitrogen and oxygen atoms in total. The van der Waals surface area contributed by atoms with Crippen molar-refractivity contribution >= 4 is 19.7 Å². The highest BCUT2D eigenvalue weighted by Crippen LogP contribution is 2.18. The minimum absolute atomic E-state index is 0.0146. The first-order chi connectivity index (χ1) is 9.58. The van der Waals surface area contributed by atoms with Crippen LogP contribution in [-0.4, -0.2) is 36.6 Å². The number of ether oxygens (including phenoxy) is 1. The summed E-state index contributed by atoms with van der Waals surface area (Å²) in [5, 5.41) is 11.1. The number of esters is 1. The Kier molecular flexibility index (Phi) is 6.70. The summed E-state index contributed by atoms with van der Waals surface area (Å²) < 4.78 is 15.7. The Balaban J connectivity index is 2.82. The standard InChI is InChI=1S/C13H16NO5P/c1-19-13(17)11(7-8-20(18)9-15)14-12(16)10-5-3-2-4-6-10/h2-7,15,20H,8-9H2,1H3,(H,14,16). The second-order valence-electron chi connectivity index (χ2n) is 3.83. The van der Waals surface area contributed by atoms with Crippen LogP contribution < -0.4 is 5.32 Å². The van der Waals surface area contributed by atoms with Crippen molar-refractivity contribution in [3.8, 4) is 0 Å². The lowest BCUT2D eigenvalue weighted by atomic mass is 10.2. The van der Waals surface area contributed by atoms with Crippen LogP contribution in [0.1, 0.15) is 10.4 Å². The number of carbonyl (C=O) groups excluding carboxylic acids is 2. The van der Waals surface area contributed by atoms with Gasteiger partial charge in [-0.25, -0.2) is 4.79 Å². The Hall–Kier alpha value is -1.91. The van der Waals surface area contributed by atoms with Crippen molar-refractivity contribution in [3.63, 3.8) is 0 Å². The Morgan fingerprint density at radius 2 is 2.00 bits per heavy atom. The number of aliphatic hydroxyl groups is 1. The number of benzene rings is 1. The first-order valence-corrected chi connectivity index (χ1v) is 7.68. The van der Waals surface area contributed by atoms with E-state index in [1.165, 1.54) is 13.2 Å². The van der Waals surface area contributed by atoms with Gasteiger partial charge in [0.2, 0.25) is 0 Å². The SMILES string of the molecule is COC(=O)C(=CC[PH](=O)CO)NC(=O)c1ccccc1. The van der Waals surface area contributed by atoms with E-state index in [2.05, 4.69) is 10.1 Å². The van der Waals surface area contributed by atoms with E-state index in [0.29, 0.717) is 5.56 Å². The molecule has 0 fully saturated rings. The Bertz CT molecular complexity index is 527. The van der Waals surface area contributed by atoms with E-state index in [9.17, 15) is 14.2 Å². The van der Waals surface area contributed by atoms with Gasteiger partial charge in [-0.3, -0.25) is 4.79 Å². The van der Waals surface area contributed by atoms with Gasteiger partial charge in [-0.05, 0) is 18.2 Å². The van der Waals surface area contributed by atoms with Crippen LogP contribution in [0.5, 0.6) is 0 Å². The number of aliphatic hydroxyl groups excluding tert-OH is 1. The molecule has 108 valence electrons. The average molecular weight is 297 g/mol. The molecule has 7 heteroatoms. The number of carbonyl (C=O) groups is 2. The largest absolute Gasteiger partial charge is 0.464 e. The van der Waals surface area contributed by atoms with E-state index < -0.39 is 26.0 Å². The molecule has 1 rings (SSSR count). The van der Waals surface area contributed by atoms with Crippen LogP contribution in [0.3, 0.4) is 0 Å². The quantitative estimate of drug-likeness (QED) is 0.464. The number of hydrogen-bond donors (Lipinski definition) is 2. The molecule has 1 aromatic carbocycles. The van der Waals surface area contributed by atoms with Crippen LogP contribution in [0, 0.1) is 0 Å². The molecular formula is C13H16NO5P. The van der Waals surface area contributed by atoms with Crippen LogP contribution in [-0.2, 0) is 14.1 Å². The molecule has 0 spiro atoms. The fourth-order valence-corrected chi connectivity index (χ4v) is 1.92. The van der Waals surface area contributed by atoms with E-state index in [1.807, 2.05) is 0 Å². The molecule has 20 heavy (non-hydrogen) atoms. The summed E-state index contributed by atoms with van der Waals surface area (Å²) in [5.41, 5.74) is 0.297. The fraction of sp³-hybridized carbons (Fsp3) is 0.231. The normalized spacial score (nSPS) is 12.6. The average Bonchev–Trinajstić information content (AvgIpc) is 2.50. The zero-order valence-electron chi connectivity index (χ0n) is 11.0. The predicted octanol–water partition coefficient (Wildman–Crippen LogP) is 0.983. The number of amides is 1. The van der Waals surface area contributed by atoms with E-state index in [0.717, 1.165) is 0 Å². The minimum atomic E-state index is -2.19. The number of nitrogens with one attached hydrogen (secondary N) is 1. The van der Waals surface area contributed by atoms with Gasteiger partial charge < -0.3 is 19.7 Å². The number of methoxy groups -OCH3 is 1. The van der Waals surface area contributed by atoms with Crippen LogP contribution in [0.4, 0.5) is 0 Å². The Morgan fingerprint density at radius 1 is 1.35 bits per heavy atom. The number of rotatable bonds is 6. The fourth-order valence-electron chi connectivity index (χ4n) is 1.36. The summed E-state index contributed by atoms with van der Waals surface area (Å²) >= 11 is 0. The molecule has 1 amide bonds. The molecule has 0 aliphatic heterocycles. The first-order valence-electron chi connectivity index (χ1n) is 5.86. The van der Waals surface area contributed by atoms with Crippen LogP contribution >= 0.6 is 7.80 Å². The van der Waals surface area contributed by atoms with Gasteiger partial charge >= 0.3 is 5.97 Å². The van der Waals surface area contributed by atoms with Crippen molar-refractivity contribution in [1.29, 1.82) is 0 Å². The summed E-state index contributed by atoms with van der Waals surface area (Å²) in [7, 11) is -1.01. The monoisotopic (exact) mass is 297 g/mol. The molecule has 0 heterocycles. The summed E-state index contributed by atoms with van der Waals surface area (Å²) in [6.45, 7) is 0. The van der Waals surface area contributed by atoms with Gasteiger partial charge in [0, 0.05) is 11.7 Å².